The highest BCUT2D eigenvalue weighted by Crippen LogP contribution is 2.50. The molecule has 0 bridgehead atoms. The lowest BCUT2D eigenvalue weighted by Gasteiger charge is -2.51. The highest BCUT2D eigenvalue weighted by Gasteiger charge is 2.54. The number of fused-ring (bicyclic) bond motifs is 3. The largest absolute Gasteiger partial charge is 0.300 e. The van der Waals surface area contributed by atoms with Crippen molar-refractivity contribution in [2.45, 2.75) is 203 Å². The van der Waals surface area contributed by atoms with Crippen LogP contribution in [0, 0.1) is 23.7 Å². The van der Waals surface area contributed by atoms with Crippen LogP contribution in [0.5, 0.6) is 0 Å². The maximum atomic E-state index is 6.16. The van der Waals surface area contributed by atoms with E-state index in [4.69, 9.17) is 4.84 Å². The van der Waals surface area contributed by atoms with Crippen molar-refractivity contribution in [3.63, 3.8) is 0 Å². The van der Waals surface area contributed by atoms with E-state index in [1.165, 1.54) is 161 Å². The molecule has 3 heterocycles. The standard InChI is InChI=1S/C37H65N5O/c1-4-12-27(13-5-1)37-39-36(40-43-37)26-20-22-30(23-21-26)42-33-19-11-10-18-31(33)32-24-35(38-25-34(32)42)41(28-14-6-2-7-15-28)29-16-8-3-9-17-29/h26-40H,1-25H2. The lowest BCUT2D eigenvalue weighted by Crippen LogP contribution is -2.62. The van der Waals surface area contributed by atoms with Gasteiger partial charge in [0.1, 0.15) is 6.23 Å². The predicted molar refractivity (Wildman–Crippen MR) is 174 cm³/mol. The molecule has 5 saturated carbocycles. The lowest BCUT2D eigenvalue weighted by molar-refractivity contribution is -0.0252. The van der Waals surface area contributed by atoms with Crippen LogP contribution in [0.4, 0.5) is 0 Å². The summed E-state index contributed by atoms with van der Waals surface area (Å²) in [6, 6.07) is 4.15. The normalized spacial score (nSPS) is 44.4. The summed E-state index contributed by atoms with van der Waals surface area (Å²) in [5.41, 5.74) is 3.48. The highest BCUT2D eigenvalue weighted by atomic mass is 16.7. The van der Waals surface area contributed by atoms with Crippen molar-refractivity contribution >= 4 is 0 Å². The number of piperidine rings is 1. The zero-order valence-corrected chi connectivity index (χ0v) is 27.4. The van der Waals surface area contributed by atoms with Gasteiger partial charge in [-0.3, -0.25) is 20.0 Å². The maximum Gasteiger partial charge on any atom is 0.133 e. The lowest BCUT2D eigenvalue weighted by atomic mass is 9.74. The van der Waals surface area contributed by atoms with E-state index in [1.54, 1.807) is 0 Å². The molecule has 3 aliphatic heterocycles. The third-order valence-corrected chi connectivity index (χ3v) is 14.4. The Hall–Kier alpha value is -0.240. The van der Waals surface area contributed by atoms with E-state index in [0.29, 0.717) is 18.2 Å². The van der Waals surface area contributed by atoms with Gasteiger partial charge in [-0.15, -0.1) is 0 Å². The van der Waals surface area contributed by atoms with Gasteiger partial charge in [0.2, 0.25) is 0 Å². The van der Waals surface area contributed by atoms with Crippen molar-refractivity contribution in [1.29, 1.82) is 0 Å². The number of hydrogen-bond acceptors (Lipinski definition) is 6. The number of nitrogens with zero attached hydrogens (tertiary/aromatic N) is 2. The molecule has 6 nitrogen and oxygen atoms in total. The molecular weight excluding hydrogens is 530 g/mol. The van der Waals surface area contributed by atoms with E-state index in [1.807, 2.05) is 0 Å². The molecule has 7 unspecified atom stereocenters. The molecule has 0 aromatic carbocycles. The molecule has 3 N–H and O–H groups in total. The van der Waals surface area contributed by atoms with Gasteiger partial charge in [-0.2, -0.15) is 5.48 Å². The Morgan fingerprint density at radius 1 is 0.558 bits per heavy atom. The topological polar surface area (TPSA) is 51.8 Å². The fourth-order valence-electron chi connectivity index (χ4n) is 12.3. The quantitative estimate of drug-likeness (QED) is 0.306. The van der Waals surface area contributed by atoms with E-state index in [2.05, 4.69) is 25.9 Å². The summed E-state index contributed by atoms with van der Waals surface area (Å²) in [6.07, 6.45) is 35.6. The first-order valence-corrected chi connectivity index (χ1v) is 19.8. The third-order valence-electron chi connectivity index (χ3n) is 14.4. The van der Waals surface area contributed by atoms with Gasteiger partial charge in [0.15, 0.2) is 0 Å². The molecule has 8 aliphatic rings. The Labute approximate surface area is 263 Å². The average molecular weight is 596 g/mol. The van der Waals surface area contributed by atoms with E-state index < -0.39 is 0 Å². The van der Waals surface area contributed by atoms with Crippen molar-refractivity contribution in [3.05, 3.63) is 0 Å². The molecular formula is C37H65N5O. The molecule has 5 aliphatic carbocycles. The summed E-state index contributed by atoms with van der Waals surface area (Å²) in [4.78, 5) is 12.5. The van der Waals surface area contributed by atoms with Gasteiger partial charge in [0.05, 0.1) is 12.3 Å². The molecule has 8 rings (SSSR count). The number of rotatable bonds is 6. The second-order valence-electron chi connectivity index (χ2n) is 16.7. The van der Waals surface area contributed by atoms with Crippen molar-refractivity contribution in [2.75, 3.05) is 6.54 Å². The van der Waals surface area contributed by atoms with E-state index in [-0.39, 0.29) is 6.23 Å². The van der Waals surface area contributed by atoms with Crippen LogP contribution >= 0.6 is 0 Å². The first-order chi connectivity index (χ1) is 21.3. The minimum atomic E-state index is 0.244. The number of likely N-dealkylation sites (tertiary alicyclic amines) is 1. The molecule has 3 saturated heterocycles. The fourth-order valence-corrected chi connectivity index (χ4v) is 12.3. The predicted octanol–water partition coefficient (Wildman–Crippen LogP) is 7.05. The summed E-state index contributed by atoms with van der Waals surface area (Å²) >= 11 is 0. The summed E-state index contributed by atoms with van der Waals surface area (Å²) < 4.78 is 0. The first kappa shape index (κ1) is 30.1. The van der Waals surface area contributed by atoms with Crippen LogP contribution in [-0.4, -0.2) is 65.1 Å². The van der Waals surface area contributed by atoms with Crippen LogP contribution in [-0.2, 0) is 4.84 Å². The number of nitrogens with one attached hydrogen (secondary N) is 3. The van der Waals surface area contributed by atoms with E-state index >= 15 is 0 Å². The molecule has 0 aromatic rings. The van der Waals surface area contributed by atoms with Gasteiger partial charge in [0, 0.05) is 42.7 Å². The zero-order valence-electron chi connectivity index (χ0n) is 27.4. The van der Waals surface area contributed by atoms with Crippen molar-refractivity contribution in [3.8, 4) is 0 Å². The van der Waals surface area contributed by atoms with E-state index in [9.17, 15) is 0 Å². The van der Waals surface area contributed by atoms with Gasteiger partial charge < -0.3 is 5.32 Å². The Balaban J connectivity index is 0.922. The molecule has 7 atom stereocenters. The molecule has 0 spiro atoms. The molecule has 6 heteroatoms. The van der Waals surface area contributed by atoms with Crippen LogP contribution in [0.25, 0.3) is 0 Å². The Morgan fingerprint density at radius 3 is 1.88 bits per heavy atom. The van der Waals surface area contributed by atoms with Crippen molar-refractivity contribution < 1.29 is 4.84 Å². The van der Waals surface area contributed by atoms with Gasteiger partial charge >= 0.3 is 0 Å². The highest BCUT2D eigenvalue weighted by molar-refractivity contribution is 5.08. The second-order valence-corrected chi connectivity index (χ2v) is 16.7. The third kappa shape index (κ3) is 6.25. The van der Waals surface area contributed by atoms with Crippen LogP contribution in [0.15, 0.2) is 0 Å². The van der Waals surface area contributed by atoms with Crippen LogP contribution < -0.4 is 16.1 Å². The fraction of sp³-hybridized carbons (Fsp3) is 1.00. The van der Waals surface area contributed by atoms with Crippen molar-refractivity contribution in [2.24, 2.45) is 23.7 Å². The van der Waals surface area contributed by atoms with Gasteiger partial charge in [-0.05, 0) is 101 Å². The van der Waals surface area contributed by atoms with Crippen LogP contribution in [0.1, 0.15) is 154 Å². The Bertz CT molecular complexity index is 858. The number of hydrogen-bond donors (Lipinski definition) is 3. The monoisotopic (exact) mass is 596 g/mol. The first-order valence-electron chi connectivity index (χ1n) is 19.8. The minimum Gasteiger partial charge on any atom is -0.300 e. The van der Waals surface area contributed by atoms with E-state index in [0.717, 1.165) is 48.0 Å². The maximum absolute atomic E-state index is 6.16. The summed E-state index contributed by atoms with van der Waals surface area (Å²) in [5, 5.41) is 8.21. The summed E-state index contributed by atoms with van der Waals surface area (Å²) in [7, 11) is 0. The Morgan fingerprint density at radius 2 is 1.19 bits per heavy atom. The smallest absolute Gasteiger partial charge is 0.133 e. The van der Waals surface area contributed by atoms with Gasteiger partial charge in [-0.1, -0.05) is 70.6 Å². The average Bonchev–Trinajstić information content (AvgIpc) is 3.70. The summed E-state index contributed by atoms with van der Waals surface area (Å²) in [6.45, 7) is 1.25. The molecule has 43 heavy (non-hydrogen) atoms. The zero-order chi connectivity index (χ0) is 28.6. The summed E-state index contributed by atoms with van der Waals surface area (Å²) in [5.74, 6) is 3.32. The van der Waals surface area contributed by atoms with Crippen LogP contribution in [0.3, 0.4) is 0 Å². The van der Waals surface area contributed by atoms with Crippen LogP contribution in [0.2, 0.25) is 0 Å². The van der Waals surface area contributed by atoms with Gasteiger partial charge in [0.25, 0.3) is 0 Å². The SMILES string of the molecule is C1CCC(C2NC(C3CCC(N4C5CCCCC5C5CC(N(C6CCCCC6)C6CCCCC6)NCC54)CC3)NO2)CC1. The minimum absolute atomic E-state index is 0.244. The van der Waals surface area contributed by atoms with Crippen molar-refractivity contribution in [1.82, 2.24) is 25.9 Å². The number of hydroxylamine groups is 1. The molecule has 8 fully saturated rings. The molecule has 0 radical (unpaired) electrons. The molecule has 244 valence electrons. The molecule has 0 aromatic heterocycles. The second kappa shape index (κ2) is 13.9. The molecule has 0 amide bonds. The van der Waals surface area contributed by atoms with Gasteiger partial charge in [-0.25, -0.2) is 0 Å². The Kier molecular flexibility index (Phi) is 9.70.